The maximum Gasteiger partial charge on any atom is 0.225 e. The van der Waals surface area contributed by atoms with Gasteiger partial charge in [-0.1, -0.05) is 34.6 Å². The molecule has 3 nitrogen and oxygen atoms in total. The van der Waals surface area contributed by atoms with Crippen LogP contribution in [0.1, 0.15) is 53.9 Å². The maximum absolute atomic E-state index is 12.7. The van der Waals surface area contributed by atoms with Gasteiger partial charge < -0.3 is 10.6 Å². The lowest BCUT2D eigenvalue weighted by atomic mass is 9.60. The first-order valence-corrected chi connectivity index (χ1v) is 7.68. The fraction of sp³-hybridized carbons (Fsp3) is 0.938. The Morgan fingerprint density at radius 2 is 1.95 bits per heavy atom. The first-order valence-electron chi connectivity index (χ1n) is 7.68. The molecule has 1 rings (SSSR count). The number of hydrogen-bond donors (Lipinski definition) is 1. The zero-order chi connectivity index (χ0) is 14.8. The van der Waals surface area contributed by atoms with Gasteiger partial charge in [0.05, 0.1) is 0 Å². The molecule has 0 aromatic carbocycles. The van der Waals surface area contributed by atoms with Crippen molar-refractivity contribution in [2.24, 2.45) is 28.9 Å². The van der Waals surface area contributed by atoms with E-state index < -0.39 is 0 Å². The fourth-order valence-electron chi connectivity index (χ4n) is 3.12. The molecular formula is C16H32N2O. The third kappa shape index (κ3) is 3.71. The minimum atomic E-state index is 0.000834. The van der Waals surface area contributed by atoms with Crippen LogP contribution in [0.25, 0.3) is 0 Å². The highest BCUT2D eigenvalue weighted by Gasteiger charge is 2.45. The number of nitrogens with two attached hydrogens (primary N) is 1. The largest absolute Gasteiger partial charge is 0.345 e. The predicted octanol–water partition coefficient (Wildman–Crippen LogP) is 2.89. The Kier molecular flexibility index (Phi) is 5.43. The van der Waals surface area contributed by atoms with Crippen LogP contribution in [0.15, 0.2) is 0 Å². The van der Waals surface area contributed by atoms with E-state index in [1.165, 1.54) is 0 Å². The molecule has 1 amide bonds. The van der Waals surface area contributed by atoms with Gasteiger partial charge in [0.25, 0.3) is 0 Å². The Labute approximate surface area is 118 Å². The molecule has 0 heterocycles. The highest BCUT2D eigenvalue weighted by Crippen LogP contribution is 2.45. The van der Waals surface area contributed by atoms with Gasteiger partial charge in [0, 0.05) is 25.6 Å². The second-order valence-corrected chi connectivity index (χ2v) is 7.35. The van der Waals surface area contributed by atoms with Gasteiger partial charge in [-0.3, -0.25) is 4.79 Å². The minimum Gasteiger partial charge on any atom is -0.345 e. The molecule has 0 saturated heterocycles. The van der Waals surface area contributed by atoms with Gasteiger partial charge in [0.2, 0.25) is 5.91 Å². The highest BCUT2D eigenvalue weighted by molar-refractivity contribution is 5.79. The Hall–Kier alpha value is -0.570. The summed E-state index contributed by atoms with van der Waals surface area (Å²) in [6.07, 6.45) is 2.98. The molecule has 1 saturated carbocycles. The van der Waals surface area contributed by atoms with Crippen LogP contribution < -0.4 is 5.73 Å². The van der Waals surface area contributed by atoms with Crippen molar-refractivity contribution < 1.29 is 4.79 Å². The molecule has 1 aliphatic rings. The molecule has 0 radical (unpaired) electrons. The molecule has 3 atom stereocenters. The van der Waals surface area contributed by atoms with Crippen molar-refractivity contribution in [1.29, 1.82) is 0 Å². The van der Waals surface area contributed by atoms with E-state index >= 15 is 0 Å². The van der Waals surface area contributed by atoms with Crippen LogP contribution in [0, 0.1) is 23.2 Å². The van der Waals surface area contributed by atoms with Crippen molar-refractivity contribution >= 4 is 5.91 Å². The van der Waals surface area contributed by atoms with E-state index in [-0.39, 0.29) is 17.4 Å². The summed E-state index contributed by atoms with van der Waals surface area (Å²) in [4.78, 5) is 14.6. The summed E-state index contributed by atoms with van der Waals surface area (Å²) in [5.74, 6) is 1.47. The quantitative estimate of drug-likeness (QED) is 0.852. The second-order valence-electron chi connectivity index (χ2n) is 7.35. The molecule has 0 bridgehead atoms. The number of hydrogen-bond acceptors (Lipinski definition) is 2. The molecule has 0 aromatic heterocycles. The number of carbonyl (C=O) groups excluding carboxylic acids is 1. The van der Waals surface area contributed by atoms with Crippen LogP contribution >= 0.6 is 0 Å². The van der Waals surface area contributed by atoms with E-state index in [4.69, 9.17) is 5.73 Å². The summed E-state index contributed by atoms with van der Waals surface area (Å²) in [7, 11) is 1.94. The van der Waals surface area contributed by atoms with Crippen LogP contribution in [0.4, 0.5) is 0 Å². The van der Waals surface area contributed by atoms with Gasteiger partial charge in [-0.15, -0.1) is 0 Å². The molecular weight excluding hydrogens is 236 g/mol. The SMILES string of the molecule is CC(C)CCN(C)C(=O)C1CCC(N)C(C)C1(C)C. The van der Waals surface area contributed by atoms with E-state index in [2.05, 4.69) is 34.6 Å². The van der Waals surface area contributed by atoms with Crippen LogP contribution in [-0.2, 0) is 4.79 Å². The van der Waals surface area contributed by atoms with Gasteiger partial charge in [-0.05, 0) is 36.5 Å². The number of carbonyl (C=O) groups is 1. The van der Waals surface area contributed by atoms with Crippen LogP contribution in [-0.4, -0.2) is 30.4 Å². The topological polar surface area (TPSA) is 46.3 Å². The summed E-state index contributed by atoms with van der Waals surface area (Å²) in [6.45, 7) is 11.9. The van der Waals surface area contributed by atoms with Crippen molar-refractivity contribution in [2.75, 3.05) is 13.6 Å². The molecule has 1 fully saturated rings. The molecule has 112 valence electrons. The summed E-state index contributed by atoms with van der Waals surface area (Å²) in [6, 6.07) is 0.236. The highest BCUT2D eigenvalue weighted by atomic mass is 16.2. The molecule has 2 N–H and O–H groups in total. The Balaban J connectivity index is 2.70. The van der Waals surface area contributed by atoms with Crippen molar-refractivity contribution in [2.45, 2.75) is 59.9 Å². The van der Waals surface area contributed by atoms with Gasteiger partial charge in [-0.25, -0.2) is 0 Å². The van der Waals surface area contributed by atoms with Crippen molar-refractivity contribution in [3.05, 3.63) is 0 Å². The van der Waals surface area contributed by atoms with Crippen molar-refractivity contribution in [3.63, 3.8) is 0 Å². The lowest BCUT2D eigenvalue weighted by Crippen LogP contribution is -2.52. The fourth-order valence-corrected chi connectivity index (χ4v) is 3.12. The van der Waals surface area contributed by atoms with Gasteiger partial charge in [0.15, 0.2) is 0 Å². The molecule has 1 aliphatic carbocycles. The lowest BCUT2D eigenvalue weighted by molar-refractivity contribution is -0.142. The first-order chi connectivity index (χ1) is 8.67. The first kappa shape index (κ1) is 16.5. The van der Waals surface area contributed by atoms with E-state index in [1.807, 2.05) is 11.9 Å². The maximum atomic E-state index is 12.7. The van der Waals surface area contributed by atoms with Crippen LogP contribution in [0.2, 0.25) is 0 Å². The van der Waals surface area contributed by atoms with E-state index in [0.717, 1.165) is 25.8 Å². The Bertz CT molecular complexity index is 312. The average Bonchev–Trinajstić information content (AvgIpc) is 2.32. The summed E-state index contributed by atoms with van der Waals surface area (Å²) < 4.78 is 0. The Morgan fingerprint density at radius 3 is 2.47 bits per heavy atom. The third-order valence-corrected chi connectivity index (χ3v) is 5.22. The molecule has 19 heavy (non-hydrogen) atoms. The zero-order valence-electron chi connectivity index (χ0n) is 13.6. The zero-order valence-corrected chi connectivity index (χ0v) is 13.6. The van der Waals surface area contributed by atoms with Crippen LogP contribution in [0.3, 0.4) is 0 Å². The van der Waals surface area contributed by atoms with Gasteiger partial charge >= 0.3 is 0 Å². The molecule has 0 aromatic rings. The van der Waals surface area contributed by atoms with Gasteiger partial charge in [0.1, 0.15) is 0 Å². The molecule has 0 spiro atoms. The minimum absolute atomic E-state index is 0.000834. The second kappa shape index (κ2) is 6.25. The standard InChI is InChI=1S/C16H32N2O/c1-11(2)9-10-18(6)15(19)13-7-8-14(17)12(3)16(13,4)5/h11-14H,7-10,17H2,1-6H3. The number of nitrogens with zero attached hydrogens (tertiary/aromatic N) is 1. The van der Waals surface area contributed by atoms with Gasteiger partial charge in [-0.2, -0.15) is 0 Å². The smallest absolute Gasteiger partial charge is 0.225 e. The Morgan fingerprint density at radius 1 is 1.37 bits per heavy atom. The summed E-state index contributed by atoms with van der Waals surface area (Å²) in [5.41, 5.74) is 6.17. The van der Waals surface area contributed by atoms with E-state index in [1.54, 1.807) is 0 Å². The average molecular weight is 268 g/mol. The summed E-state index contributed by atoms with van der Waals surface area (Å²) in [5, 5.41) is 0. The lowest BCUT2D eigenvalue weighted by Gasteiger charge is -2.47. The van der Waals surface area contributed by atoms with Crippen molar-refractivity contribution in [3.8, 4) is 0 Å². The normalized spacial score (nSPS) is 30.4. The van der Waals surface area contributed by atoms with Crippen LogP contribution in [0.5, 0.6) is 0 Å². The van der Waals surface area contributed by atoms with E-state index in [9.17, 15) is 4.79 Å². The third-order valence-electron chi connectivity index (χ3n) is 5.22. The molecule has 3 unspecified atom stereocenters. The predicted molar refractivity (Wildman–Crippen MR) is 80.7 cm³/mol. The molecule has 0 aliphatic heterocycles. The monoisotopic (exact) mass is 268 g/mol. The number of amides is 1. The van der Waals surface area contributed by atoms with E-state index in [0.29, 0.717) is 17.7 Å². The van der Waals surface area contributed by atoms with Crippen molar-refractivity contribution in [1.82, 2.24) is 4.90 Å². The number of rotatable bonds is 4. The summed E-state index contributed by atoms with van der Waals surface area (Å²) >= 11 is 0. The molecule has 3 heteroatoms.